The largest absolute Gasteiger partial charge is 0.514 e. The number of nitrogens with one attached hydrogen (secondary N) is 2. The maximum Gasteiger partial charge on any atom is 0.514 e. The van der Waals surface area contributed by atoms with Crippen LogP contribution in [-0.2, 0) is 17.7 Å². The van der Waals surface area contributed by atoms with E-state index in [-0.39, 0.29) is 6.03 Å². The maximum atomic E-state index is 12.3. The van der Waals surface area contributed by atoms with Crippen molar-refractivity contribution in [3.05, 3.63) is 72.1 Å². The van der Waals surface area contributed by atoms with Gasteiger partial charge in [-0.15, -0.1) is 11.6 Å². The predicted octanol–water partition coefficient (Wildman–Crippen LogP) is 7.55. The zero-order valence-electron chi connectivity index (χ0n) is 24.6. The first-order valence-corrected chi connectivity index (χ1v) is 14.8. The number of rotatable bonds is 11. The van der Waals surface area contributed by atoms with E-state index >= 15 is 0 Å². The van der Waals surface area contributed by atoms with Crippen molar-refractivity contribution >= 4 is 40.8 Å². The van der Waals surface area contributed by atoms with Crippen LogP contribution in [0.15, 0.2) is 60.7 Å². The molecular formula is C32H38ClN5O4. The number of amides is 2. The van der Waals surface area contributed by atoms with Crippen molar-refractivity contribution in [1.82, 2.24) is 19.9 Å². The number of ether oxygens (including phenoxy) is 2. The molecule has 2 amide bonds. The molecule has 2 N–H and O–H groups in total. The summed E-state index contributed by atoms with van der Waals surface area (Å²) < 4.78 is 13.0. The highest BCUT2D eigenvalue weighted by atomic mass is 35.5. The van der Waals surface area contributed by atoms with Crippen LogP contribution in [-0.4, -0.2) is 44.7 Å². The number of fused-ring (bicyclic) bond motifs is 1. The van der Waals surface area contributed by atoms with Crippen molar-refractivity contribution < 1.29 is 19.1 Å². The number of hydrogen-bond acceptors (Lipinski definition) is 6. The molecule has 10 heteroatoms. The molecule has 0 unspecified atom stereocenters. The molecule has 222 valence electrons. The summed E-state index contributed by atoms with van der Waals surface area (Å²) in [5.74, 6) is 2.31. The standard InChI is InChI=1S/C32H38ClN5O4/c1-5-6-12-28-35-25-17-18-27(37-30(39)34-20-9-19-33)36-29(25)38(28)21-22-13-15-23(16-14-22)24-10-7-8-11-26(24)41-31(40)42-32(2,3)4/h7-8,10-11,13-18H,5-6,9,12,19-21H2,1-4H3,(H2,34,36,37,39). The van der Waals surface area contributed by atoms with E-state index in [0.717, 1.165) is 47.3 Å². The highest BCUT2D eigenvalue weighted by molar-refractivity contribution is 6.17. The van der Waals surface area contributed by atoms with Gasteiger partial charge in [-0.1, -0.05) is 55.8 Å². The molecular weight excluding hydrogens is 554 g/mol. The fraction of sp³-hybridized carbons (Fsp3) is 0.375. The van der Waals surface area contributed by atoms with Gasteiger partial charge in [-0.3, -0.25) is 5.32 Å². The second-order valence-electron chi connectivity index (χ2n) is 10.9. The Kier molecular flexibility index (Phi) is 10.4. The van der Waals surface area contributed by atoms with Gasteiger partial charge in [0.05, 0.1) is 6.54 Å². The smallest absolute Gasteiger partial charge is 0.428 e. The first-order chi connectivity index (χ1) is 20.2. The molecule has 0 radical (unpaired) electrons. The molecule has 0 aliphatic carbocycles. The summed E-state index contributed by atoms with van der Waals surface area (Å²) >= 11 is 5.70. The molecule has 0 spiro atoms. The highest BCUT2D eigenvalue weighted by Gasteiger charge is 2.20. The number of alkyl halides is 1. The number of aromatic nitrogens is 3. The van der Waals surface area contributed by atoms with Gasteiger partial charge in [-0.25, -0.2) is 19.6 Å². The first-order valence-electron chi connectivity index (χ1n) is 14.2. The minimum atomic E-state index is -0.743. The SMILES string of the molecule is CCCCc1nc2ccc(NC(=O)NCCCCl)nc2n1Cc1ccc(-c2ccccc2OC(=O)OC(C)(C)C)cc1. The number of urea groups is 1. The summed E-state index contributed by atoms with van der Waals surface area (Å²) in [5, 5.41) is 5.58. The van der Waals surface area contributed by atoms with Gasteiger partial charge < -0.3 is 19.4 Å². The van der Waals surface area contributed by atoms with Gasteiger partial charge >= 0.3 is 12.2 Å². The molecule has 0 atom stereocenters. The number of halogens is 1. The van der Waals surface area contributed by atoms with E-state index in [1.807, 2.05) is 48.5 Å². The molecule has 0 aliphatic heterocycles. The summed E-state index contributed by atoms with van der Waals surface area (Å²) in [5.41, 5.74) is 3.58. The normalized spacial score (nSPS) is 11.4. The van der Waals surface area contributed by atoms with Crippen molar-refractivity contribution in [3.63, 3.8) is 0 Å². The first kappa shape index (κ1) is 30.8. The number of carbonyl (C=O) groups excluding carboxylic acids is 2. The molecule has 0 fully saturated rings. The van der Waals surface area contributed by atoms with Crippen molar-refractivity contribution in [3.8, 4) is 16.9 Å². The van der Waals surface area contributed by atoms with Crippen molar-refractivity contribution in [1.29, 1.82) is 0 Å². The van der Waals surface area contributed by atoms with Gasteiger partial charge in [0.1, 0.15) is 28.5 Å². The van der Waals surface area contributed by atoms with Gasteiger partial charge in [-0.05, 0) is 62.9 Å². The number of para-hydroxylation sites is 1. The lowest BCUT2D eigenvalue weighted by molar-refractivity contribution is 0.0207. The zero-order chi connectivity index (χ0) is 30.1. The molecule has 9 nitrogen and oxygen atoms in total. The second kappa shape index (κ2) is 14.2. The molecule has 2 aromatic carbocycles. The van der Waals surface area contributed by atoms with Crippen molar-refractivity contribution in [2.45, 2.75) is 65.5 Å². The van der Waals surface area contributed by atoms with Crippen LogP contribution in [0.25, 0.3) is 22.3 Å². The average molecular weight is 592 g/mol. The number of hydrogen-bond donors (Lipinski definition) is 2. The monoisotopic (exact) mass is 591 g/mol. The molecule has 0 bridgehead atoms. The van der Waals surface area contributed by atoms with E-state index in [1.165, 1.54) is 0 Å². The number of pyridine rings is 1. The molecule has 4 aromatic rings. The predicted molar refractivity (Wildman–Crippen MR) is 166 cm³/mol. The Hall–Kier alpha value is -4.11. The van der Waals surface area contributed by atoms with E-state index in [4.69, 9.17) is 31.0 Å². The summed E-state index contributed by atoms with van der Waals surface area (Å²) in [6.45, 7) is 8.59. The molecule has 0 aliphatic rings. The number of nitrogens with zero attached hydrogens (tertiary/aromatic N) is 3. The molecule has 0 saturated heterocycles. The third-order valence-corrected chi connectivity index (χ3v) is 6.61. The maximum absolute atomic E-state index is 12.3. The van der Waals surface area contributed by atoms with E-state index in [1.54, 1.807) is 32.9 Å². The molecule has 42 heavy (non-hydrogen) atoms. The number of anilines is 1. The number of benzene rings is 2. The third-order valence-electron chi connectivity index (χ3n) is 6.34. The Labute approximate surface area is 251 Å². The van der Waals surface area contributed by atoms with E-state index in [0.29, 0.717) is 42.6 Å². The topological polar surface area (TPSA) is 107 Å². The summed E-state index contributed by atoms with van der Waals surface area (Å²) in [4.78, 5) is 34.2. The lowest BCUT2D eigenvalue weighted by Crippen LogP contribution is -2.30. The molecule has 4 rings (SSSR count). The van der Waals surface area contributed by atoms with Gasteiger partial charge in [0.2, 0.25) is 0 Å². The third kappa shape index (κ3) is 8.45. The van der Waals surface area contributed by atoms with Crippen molar-refractivity contribution in [2.75, 3.05) is 17.7 Å². The quantitative estimate of drug-likeness (QED) is 0.0807. The van der Waals surface area contributed by atoms with Crippen LogP contribution < -0.4 is 15.4 Å². The molecule has 0 saturated carbocycles. The van der Waals surface area contributed by atoms with Crippen LogP contribution in [0.1, 0.15) is 58.3 Å². The number of unbranched alkanes of at least 4 members (excludes halogenated alkanes) is 1. The van der Waals surface area contributed by atoms with Gasteiger partial charge in [0.15, 0.2) is 5.65 Å². The Morgan fingerprint density at radius 2 is 1.74 bits per heavy atom. The Balaban J connectivity index is 1.57. The van der Waals surface area contributed by atoms with Crippen LogP contribution in [0, 0.1) is 0 Å². The van der Waals surface area contributed by atoms with Gasteiger partial charge in [0.25, 0.3) is 0 Å². The Morgan fingerprint density at radius 1 is 0.976 bits per heavy atom. The van der Waals surface area contributed by atoms with E-state index in [2.05, 4.69) is 22.1 Å². The van der Waals surface area contributed by atoms with Gasteiger partial charge in [0, 0.05) is 24.4 Å². The van der Waals surface area contributed by atoms with Gasteiger partial charge in [-0.2, -0.15) is 0 Å². The van der Waals surface area contributed by atoms with Crippen LogP contribution in [0.3, 0.4) is 0 Å². The number of carbonyl (C=O) groups is 2. The molecule has 2 heterocycles. The highest BCUT2D eigenvalue weighted by Crippen LogP contribution is 2.31. The summed E-state index contributed by atoms with van der Waals surface area (Å²) in [6.07, 6.45) is 2.82. The lowest BCUT2D eigenvalue weighted by atomic mass is 10.0. The number of imidazole rings is 1. The Bertz CT molecular complexity index is 1510. The minimum Gasteiger partial charge on any atom is -0.428 e. The zero-order valence-corrected chi connectivity index (χ0v) is 25.3. The lowest BCUT2D eigenvalue weighted by Gasteiger charge is -2.19. The second-order valence-corrected chi connectivity index (χ2v) is 11.3. The van der Waals surface area contributed by atoms with E-state index < -0.39 is 11.8 Å². The van der Waals surface area contributed by atoms with Crippen LogP contribution >= 0.6 is 11.6 Å². The summed E-state index contributed by atoms with van der Waals surface area (Å²) in [7, 11) is 0. The summed E-state index contributed by atoms with van der Waals surface area (Å²) in [6, 6.07) is 18.8. The number of aryl methyl sites for hydroxylation is 1. The van der Waals surface area contributed by atoms with Crippen LogP contribution in [0.2, 0.25) is 0 Å². The average Bonchev–Trinajstić information content (AvgIpc) is 3.28. The minimum absolute atomic E-state index is 0.323. The van der Waals surface area contributed by atoms with Crippen molar-refractivity contribution in [2.24, 2.45) is 0 Å². The van der Waals surface area contributed by atoms with E-state index in [9.17, 15) is 9.59 Å². The fourth-order valence-electron chi connectivity index (χ4n) is 4.37. The van der Waals surface area contributed by atoms with Crippen LogP contribution in [0.4, 0.5) is 15.4 Å². The fourth-order valence-corrected chi connectivity index (χ4v) is 4.50. The Morgan fingerprint density at radius 3 is 2.45 bits per heavy atom. The molecule has 2 aromatic heterocycles. The van der Waals surface area contributed by atoms with Crippen LogP contribution in [0.5, 0.6) is 5.75 Å².